The SMILES string of the molecule is CCOc1cc(CNC23CC4CC(CC(C4)C2)C3)cc(Cl)c1OCc1ccc(Cl)cc1Cl. The Kier molecular flexibility index (Phi) is 6.55. The molecule has 4 fully saturated rings. The van der Waals surface area contributed by atoms with E-state index in [1.54, 1.807) is 12.1 Å². The Labute approximate surface area is 205 Å². The molecule has 0 spiro atoms. The number of halogens is 3. The molecule has 0 amide bonds. The average molecular weight is 495 g/mol. The molecule has 0 heterocycles. The predicted molar refractivity (Wildman–Crippen MR) is 131 cm³/mol. The first-order valence-electron chi connectivity index (χ1n) is 11.7. The third-order valence-electron chi connectivity index (χ3n) is 7.46. The van der Waals surface area contributed by atoms with Gasteiger partial charge in [0, 0.05) is 27.7 Å². The maximum Gasteiger partial charge on any atom is 0.180 e. The van der Waals surface area contributed by atoms with Crippen LogP contribution in [0.1, 0.15) is 56.6 Å². The lowest BCUT2D eigenvalue weighted by atomic mass is 9.53. The lowest BCUT2D eigenvalue weighted by Gasteiger charge is -2.57. The molecule has 0 aliphatic heterocycles. The molecule has 2 aromatic rings. The third-order valence-corrected chi connectivity index (χ3v) is 8.33. The van der Waals surface area contributed by atoms with Crippen molar-refractivity contribution in [2.45, 2.75) is 64.1 Å². The van der Waals surface area contributed by atoms with Gasteiger partial charge in [0.15, 0.2) is 11.5 Å². The first kappa shape index (κ1) is 22.7. The van der Waals surface area contributed by atoms with Crippen LogP contribution in [0.5, 0.6) is 11.5 Å². The summed E-state index contributed by atoms with van der Waals surface area (Å²) in [5.41, 5.74) is 2.29. The van der Waals surface area contributed by atoms with E-state index in [2.05, 4.69) is 11.4 Å². The molecule has 0 radical (unpaired) electrons. The second-order valence-electron chi connectivity index (χ2n) is 9.91. The van der Waals surface area contributed by atoms with E-state index >= 15 is 0 Å². The second kappa shape index (κ2) is 9.25. The number of rotatable bonds is 8. The van der Waals surface area contributed by atoms with Gasteiger partial charge in [-0.05, 0) is 93.0 Å². The molecule has 172 valence electrons. The van der Waals surface area contributed by atoms with Crippen LogP contribution in [0, 0.1) is 17.8 Å². The molecule has 4 saturated carbocycles. The normalized spacial score (nSPS) is 28.2. The van der Waals surface area contributed by atoms with Gasteiger partial charge in [-0.2, -0.15) is 0 Å². The van der Waals surface area contributed by atoms with Crippen molar-refractivity contribution in [3.63, 3.8) is 0 Å². The number of benzene rings is 2. The molecule has 0 unspecified atom stereocenters. The van der Waals surface area contributed by atoms with E-state index in [4.69, 9.17) is 44.3 Å². The number of ether oxygens (including phenoxy) is 2. The monoisotopic (exact) mass is 493 g/mol. The Morgan fingerprint density at radius 2 is 1.59 bits per heavy atom. The highest BCUT2D eigenvalue weighted by atomic mass is 35.5. The quantitative estimate of drug-likeness (QED) is 0.408. The summed E-state index contributed by atoms with van der Waals surface area (Å²) in [6.45, 7) is 3.60. The molecule has 2 aromatic carbocycles. The van der Waals surface area contributed by atoms with Gasteiger partial charge >= 0.3 is 0 Å². The first-order valence-corrected chi connectivity index (χ1v) is 12.8. The maximum absolute atomic E-state index is 6.67. The fraction of sp³-hybridized carbons (Fsp3) is 0.538. The fourth-order valence-corrected chi connectivity index (χ4v) is 7.28. The van der Waals surface area contributed by atoms with E-state index in [9.17, 15) is 0 Å². The Hall–Kier alpha value is -1.13. The van der Waals surface area contributed by atoms with Crippen molar-refractivity contribution in [3.05, 3.63) is 56.5 Å². The minimum absolute atomic E-state index is 0.292. The molecule has 0 atom stereocenters. The van der Waals surface area contributed by atoms with Gasteiger partial charge in [-0.25, -0.2) is 0 Å². The first-order chi connectivity index (χ1) is 15.4. The lowest BCUT2D eigenvalue weighted by Crippen LogP contribution is -2.58. The standard InChI is InChI=1S/C26H30Cl3NO2/c1-2-31-24-9-19(14-30-26-11-16-5-17(12-26)7-18(6-16)13-26)8-23(29)25(24)32-15-20-3-4-21(27)10-22(20)28/h3-4,8-10,16-18,30H,2,5-7,11-15H2,1H3. The molecule has 0 aromatic heterocycles. The molecule has 4 aliphatic carbocycles. The highest BCUT2D eigenvalue weighted by Crippen LogP contribution is 2.55. The van der Waals surface area contributed by atoms with Crippen LogP contribution in [0.2, 0.25) is 15.1 Å². The van der Waals surface area contributed by atoms with Gasteiger partial charge in [0.05, 0.1) is 11.6 Å². The van der Waals surface area contributed by atoms with E-state index < -0.39 is 0 Å². The summed E-state index contributed by atoms with van der Waals surface area (Å²) in [5, 5.41) is 5.68. The van der Waals surface area contributed by atoms with Crippen molar-refractivity contribution in [2.24, 2.45) is 17.8 Å². The molecular weight excluding hydrogens is 465 g/mol. The van der Waals surface area contributed by atoms with Crippen molar-refractivity contribution >= 4 is 34.8 Å². The van der Waals surface area contributed by atoms with Crippen LogP contribution in [0.4, 0.5) is 0 Å². The molecule has 3 nitrogen and oxygen atoms in total. The van der Waals surface area contributed by atoms with Gasteiger partial charge in [0.1, 0.15) is 6.61 Å². The molecule has 0 saturated heterocycles. The molecule has 1 N–H and O–H groups in total. The van der Waals surface area contributed by atoms with Crippen molar-refractivity contribution in [2.75, 3.05) is 6.61 Å². The molecule has 4 aliphatic rings. The largest absolute Gasteiger partial charge is 0.490 e. The van der Waals surface area contributed by atoms with E-state index in [1.807, 2.05) is 19.1 Å². The third kappa shape index (κ3) is 4.73. The highest BCUT2D eigenvalue weighted by molar-refractivity contribution is 6.35. The fourth-order valence-electron chi connectivity index (χ4n) is 6.53. The van der Waals surface area contributed by atoms with Crippen LogP contribution in [-0.2, 0) is 13.2 Å². The van der Waals surface area contributed by atoms with E-state index in [0.717, 1.165) is 35.4 Å². The van der Waals surface area contributed by atoms with Crippen LogP contribution in [0.15, 0.2) is 30.3 Å². The average Bonchev–Trinajstić information content (AvgIpc) is 2.72. The topological polar surface area (TPSA) is 30.5 Å². The van der Waals surface area contributed by atoms with Crippen molar-refractivity contribution < 1.29 is 9.47 Å². The van der Waals surface area contributed by atoms with Crippen molar-refractivity contribution in [1.29, 1.82) is 0 Å². The second-order valence-corrected chi connectivity index (χ2v) is 11.2. The molecule has 6 heteroatoms. The summed E-state index contributed by atoms with van der Waals surface area (Å²) in [6.07, 6.45) is 8.33. The van der Waals surface area contributed by atoms with Crippen LogP contribution in [-0.4, -0.2) is 12.1 Å². The number of hydrogen-bond acceptors (Lipinski definition) is 3. The van der Waals surface area contributed by atoms with E-state index in [0.29, 0.717) is 45.3 Å². The van der Waals surface area contributed by atoms with Gasteiger partial charge in [-0.3, -0.25) is 0 Å². The van der Waals surface area contributed by atoms with Gasteiger partial charge in [-0.1, -0.05) is 40.9 Å². The highest BCUT2D eigenvalue weighted by Gasteiger charge is 2.50. The van der Waals surface area contributed by atoms with Crippen LogP contribution in [0.3, 0.4) is 0 Å². The van der Waals surface area contributed by atoms with Gasteiger partial charge in [0.2, 0.25) is 0 Å². The van der Waals surface area contributed by atoms with Gasteiger partial charge in [-0.15, -0.1) is 0 Å². The minimum atomic E-state index is 0.292. The zero-order chi connectivity index (χ0) is 22.3. The molecular formula is C26H30Cl3NO2. The molecule has 32 heavy (non-hydrogen) atoms. The maximum atomic E-state index is 6.67. The minimum Gasteiger partial charge on any atom is -0.490 e. The van der Waals surface area contributed by atoms with Crippen LogP contribution < -0.4 is 14.8 Å². The lowest BCUT2D eigenvalue weighted by molar-refractivity contribution is -0.0206. The summed E-state index contributed by atoms with van der Waals surface area (Å²) in [5.74, 6) is 4.00. The Morgan fingerprint density at radius 1 is 0.906 bits per heavy atom. The summed E-state index contributed by atoms with van der Waals surface area (Å²) >= 11 is 19.0. The zero-order valence-corrected chi connectivity index (χ0v) is 20.7. The van der Waals surface area contributed by atoms with Crippen molar-refractivity contribution in [1.82, 2.24) is 5.32 Å². The zero-order valence-electron chi connectivity index (χ0n) is 18.4. The Morgan fingerprint density at radius 3 is 2.22 bits per heavy atom. The van der Waals surface area contributed by atoms with Crippen molar-refractivity contribution in [3.8, 4) is 11.5 Å². The Balaban J connectivity index is 1.30. The smallest absolute Gasteiger partial charge is 0.180 e. The molecule has 4 bridgehead atoms. The van der Waals surface area contributed by atoms with Crippen LogP contribution in [0.25, 0.3) is 0 Å². The summed E-state index contributed by atoms with van der Waals surface area (Å²) in [4.78, 5) is 0. The van der Waals surface area contributed by atoms with Gasteiger partial charge < -0.3 is 14.8 Å². The van der Waals surface area contributed by atoms with Crippen LogP contribution >= 0.6 is 34.8 Å². The summed E-state index contributed by atoms with van der Waals surface area (Å²) in [6, 6.07) is 9.43. The van der Waals surface area contributed by atoms with Gasteiger partial charge in [0.25, 0.3) is 0 Å². The number of nitrogens with one attached hydrogen (secondary N) is 1. The summed E-state index contributed by atoms with van der Waals surface area (Å²) in [7, 11) is 0. The molecule has 6 rings (SSSR count). The summed E-state index contributed by atoms with van der Waals surface area (Å²) < 4.78 is 12.0. The Bertz CT molecular complexity index is 958. The number of hydrogen-bond donors (Lipinski definition) is 1. The predicted octanol–water partition coefficient (Wildman–Crippen LogP) is 7.68. The van der Waals surface area contributed by atoms with E-state index in [-0.39, 0.29) is 0 Å². The van der Waals surface area contributed by atoms with E-state index in [1.165, 1.54) is 38.5 Å².